The Morgan fingerprint density at radius 1 is 0.885 bits per heavy atom. The molecule has 4 aromatic rings. The van der Waals surface area contributed by atoms with E-state index in [9.17, 15) is 4.79 Å². The number of hydrogen-bond donors (Lipinski definition) is 0. The topological polar surface area (TPSA) is 33.5 Å². The van der Waals surface area contributed by atoms with Crippen molar-refractivity contribution in [3.63, 3.8) is 0 Å². The van der Waals surface area contributed by atoms with E-state index in [2.05, 4.69) is 0 Å². The lowest BCUT2D eigenvalue weighted by Gasteiger charge is -2.22. The summed E-state index contributed by atoms with van der Waals surface area (Å²) in [7, 11) is 0. The lowest BCUT2D eigenvalue weighted by Crippen LogP contribution is -2.30. The van der Waals surface area contributed by atoms with Crippen LogP contribution in [0.2, 0.25) is 5.02 Å². The molecule has 0 spiro atoms. The fraction of sp³-hybridized carbons (Fsp3) is 0.0455. The van der Waals surface area contributed by atoms with Crippen LogP contribution in [0.4, 0.5) is 5.69 Å². The molecule has 0 aliphatic heterocycles. The van der Waals surface area contributed by atoms with Gasteiger partial charge in [0, 0.05) is 16.1 Å². The van der Waals surface area contributed by atoms with E-state index in [1.54, 1.807) is 29.2 Å². The molecule has 0 fully saturated rings. The number of carbonyl (C=O) groups is 1. The quantitative estimate of drug-likeness (QED) is 0.451. The number of furan rings is 1. The van der Waals surface area contributed by atoms with E-state index >= 15 is 0 Å². The molecule has 1 amide bonds. The monoisotopic (exact) mass is 361 g/mol. The average Bonchev–Trinajstić information content (AvgIpc) is 3.10. The molecule has 0 saturated carbocycles. The Morgan fingerprint density at radius 2 is 1.58 bits per heavy atom. The molecular weight excluding hydrogens is 346 g/mol. The van der Waals surface area contributed by atoms with Crippen LogP contribution in [-0.2, 0) is 6.54 Å². The van der Waals surface area contributed by atoms with Gasteiger partial charge in [0.2, 0.25) is 0 Å². The van der Waals surface area contributed by atoms with Gasteiger partial charge in [-0.2, -0.15) is 0 Å². The first-order chi connectivity index (χ1) is 12.7. The molecule has 0 radical (unpaired) electrons. The van der Waals surface area contributed by atoms with Crippen molar-refractivity contribution < 1.29 is 9.21 Å². The van der Waals surface area contributed by atoms with E-state index in [4.69, 9.17) is 16.0 Å². The number of amides is 1. The molecular formula is C22H16ClNO2. The Labute approximate surface area is 156 Å². The number of rotatable bonds is 4. The van der Waals surface area contributed by atoms with Gasteiger partial charge in [-0.25, -0.2) is 0 Å². The van der Waals surface area contributed by atoms with Gasteiger partial charge in [-0.1, -0.05) is 60.1 Å². The summed E-state index contributed by atoms with van der Waals surface area (Å²) < 4.78 is 5.78. The molecule has 0 aliphatic carbocycles. The van der Waals surface area contributed by atoms with Crippen molar-refractivity contribution in [2.24, 2.45) is 0 Å². The van der Waals surface area contributed by atoms with Gasteiger partial charge in [-0.15, -0.1) is 0 Å². The van der Waals surface area contributed by atoms with Gasteiger partial charge >= 0.3 is 0 Å². The highest BCUT2D eigenvalue weighted by Gasteiger charge is 2.22. The minimum absolute atomic E-state index is 0.188. The summed E-state index contributed by atoms with van der Waals surface area (Å²) in [6, 6.07) is 26.5. The number of hydrogen-bond acceptors (Lipinski definition) is 2. The Hall–Kier alpha value is -3.04. The number of halogens is 1. The molecule has 128 valence electrons. The molecule has 0 N–H and O–H groups in total. The maximum absolute atomic E-state index is 13.2. The first-order valence-corrected chi connectivity index (χ1v) is 8.68. The maximum Gasteiger partial charge on any atom is 0.294 e. The van der Waals surface area contributed by atoms with E-state index in [0.717, 1.165) is 16.6 Å². The predicted octanol–water partition coefficient (Wildman–Crippen LogP) is 5.93. The van der Waals surface area contributed by atoms with E-state index in [1.807, 2.05) is 60.7 Å². The minimum Gasteiger partial charge on any atom is -0.451 e. The van der Waals surface area contributed by atoms with Gasteiger partial charge in [0.1, 0.15) is 5.58 Å². The summed E-state index contributed by atoms with van der Waals surface area (Å²) in [6.07, 6.45) is 0. The van der Waals surface area contributed by atoms with E-state index in [-0.39, 0.29) is 5.91 Å². The highest BCUT2D eigenvalue weighted by molar-refractivity contribution is 6.31. The average molecular weight is 362 g/mol. The summed E-state index contributed by atoms with van der Waals surface area (Å²) in [6.45, 7) is 0.460. The summed E-state index contributed by atoms with van der Waals surface area (Å²) in [5.74, 6) is 0.106. The molecule has 4 rings (SSSR count). The standard InChI is InChI=1S/C22H16ClNO2/c23-18-11-12-20-17(13-18)14-21(26-20)22(25)24(19-9-5-2-6-10-19)15-16-7-3-1-4-8-16/h1-14H,15H2. The van der Waals surface area contributed by atoms with Crippen LogP contribution in [0, 0.1) is 0 Å². The molecule has 1 aromatic heterocycles. The van der Waals surface area contributed by atoms with Gasteiger partial charge in [-0.3, -0.25) is 4.79 Å². The Balaban J connectivity index is 1.73. The summed E-state index contributed by atoms with van der Waals surface area (Å²) >= 11 is 6.04. The first-order valence-electron chi connectivity index (χ1n) is 8.31. The molecule has 0 atom stereocenters. The Morgan fingerprint density at radius 3 is 2.31 bits per heavy atom. The van der Waals surface area contributed by atoms with Crippen molar-refractivity contribution in [3.8, 4) is 0 Å². The van der Waals surface area contributed by atoms with Crippen LogP contribution < -0.4 is 4.90 Å². The Kier molecular flexibility index (Phi) is 4.46. The van der Waals surface area contributed by atoms with Crippen LogP contribution >= 0.6 is 11.6 Å². The van der Waals surface area contributed by atoms with Crippen LogP contribution in [0.15, 0.2) is 89.3 Å². The predicted molar refractivity (Wildman–Crippen MR) is 105 cm³/mol. The van der Waals surface area contributed by atoms with Crippen molar-refractivity contribution in [3.05, 3.63) is 101 Å². The van der Waals surface area contributed by atoms with Gasteiger partial charge < -0.3 is 9.32 Å². The van der Waals surface area contributed by atoms with Crippen LogP contribution in [0.3, 0.4) is 0 Å². The zero-order valence-corrected chi connectivity index (χ0v) is 14.7. The number of benzene rings is 3. The molecule has 3 aromatic carbocycles. The van der Waals surface area contributed by atoms with Gasteiger partial charge in [-0.05, 0) is 42.0 Å². The van der Waals surface area contributed by atoms with Gasteiger partial charge in [0.05, 0.1) is 6.54 Å². The van der Waals surface area contributed by atoms with E-state index in [0.29, 0.717) is 22.9 Å². The molecule has 4 heteroatoms. The smallest absolute Gasteiger partial charge is 0.294 e. The number of para-hydroxylation sites is 1. The van der Waals surface area contributed by atoms with Crippen molar-refractivity contribution in [1.29, 1.82) is 0 Å². The summed E-state index contributed by atoms with van der Waals surface area (Å²) in [5.41, 5.74) is 2.51. The third kappa shape index (κ3) is 3.35. The SMILES string of the molecule is O=C(c1cc2cc(Cl)ccc2o1)N(Cc1ccccc1)c1ccccc1. The zero-order valence-electron chi connectivity index (χ0n) is 13.9. The normalized spacial score (nSPS) is 10.8. The maximum atomic E-state index is 13.2. The van der Waals surface area contributed by atoms with Crippen LogP contribution in [0.25, 0.3) is 11.0 Å². The number of nitrogens with zero attached hydrogens (tertiary/aromatic N) is 1. The fourth-order valence-electron chi connectivity index (χ4n) is 2.91. The first kappa shape index (κ1) is 16.4. The molecule has 1 heterocycles. The molecule has 0 saturated heterocycles. The molecule has 0 aliphatic rings. The highest BCUT2D eigenvalue weighted by Crippen LogP contribution is 2.26. The molecule has 26 heavy (non-hydrogen) atoms. The number of carbonyl (C=O) groups excluding carboxylic acids is 1. The molecule has 3 nitrogen and oxygen atoms in total. The van der Waals surface area contributed by atoms with E-state index < -0.39 is 0 Å². The zero-order chi connectivity index (χ0) is 17.9. The lowest BCUT2D eigenvalue weighted by molar-refractivity contribution is 0.0960. The third-order valence-corrected chi connectivity index (χ3v) is 4.42. The van der Waals surface area contributed by atoms with Crippen LogP contribution in [-0.4, -0.2) is 5.91 Å². The second-order valence-electron chi connectivity index (χ2n) is 6.01. The highest BCUT2D eigenvalue weighted by atomic mass is 35.5. The van der Waals surface area contributed by atoms with E-state index in [1.165, 1.54) is 0 Å². The van der Waals surface area contributed by atoms with Crippen molar-refractivity contribution >= 4 is 34.2 Å². The number of anilines is 1. The lowest BCUT2D eigenvalue weighted by atomic mass is 10.2. The van der Waals surface area contributed by atoms with Crippen LogP contribution in [0.1, 0.15) is 16.1 Å². The van der Waals surface area contributed by atoms with Gasteiger partial charge in [0.25, 0.3) is 5.91 Å². The second-order valence-corrected chi connectivity index (χ2v) is 6.44. The van der Waals surface area contributed by atoms with Crippen molar-refractivity contribution in [2.75, 3.05) is 4.90 Å². The van der Waals surface area contributed by atoms with Crippen molar-refractivity contribution in [1.82, 2.24) is 0 Å². The fourth-order valence-corrected chi connectivity index (χ4v) is 3.09. The minimum atomic E-state index is -0.188. The third-order valence-electron chi connectivity index (χ3n) is 4.19. The largest absolute Gasteiger partial charge is 0.451 e. The number of fused-ring (bicyclic) bond motifs is 1. The molecule has 0 bridgehead atoms. The van der Waals surface area contributed by atoms with Crippen LogP contribution in [0.5, 0.6) is 0 Å². The molecule has 0 unspecified atom stereocenters. The summed E-state index contributed by atoms with van der Waals surface area (Å²) in [5, 5.41) is 1.43. The Bertz CT molecular complexity index is 1040. The van der Waals surface area contributed by atoms with Crippen molar-refractivity contribution in [2.45, 2.75) is 6.54 Å². The second kappa shape index (κ2) is 7.06. The van der Waals surface area contributed by atoms with Gasteiger partial charge in [0.15, 0.2) is 5.76 Å². The summed E-state index contributed by atoms with van der Waals surface area (Å²) in [4.78, 5) is 14.9.